The molecule has 0 N–H and O–H groups in total. The first-order valence-corrected chi connectivity index (χ1v) is 10.3. The highest BCUT2D eigenvalue weighted by Gasteiger charge is 2.22. The molecule has 3 aromatic rings. The molecule has 2 aromatic carbocycles. The number of rotatable bonds is 7. The average Bonchev–Trinajstić information content (AvgIpc) is 3.38. The summed E-state index contributed by atoms with van der Waals surface area (Å²) in [5.41, 5.74) is 1.62. The minimum atomic E-state index is -0.199. The lowest BCUT2D eigenvalue weighted by Gasteiger charge is -2.15. The Labute approximate surface area is 167 Å². The van der Waals surface area contributed by atoms with E-state index in [9.17, 15) is 4.39 Å². The summed E-state index contributed by atoms with van der Waals surface area (Å²) in [5, 5.41) is 9.58. The maximum Gasteiger partial charge on any atom is 0.191 e. The van der Waals surface area contributed by atoms with E-state index in [1.165, 1.54) is 17.8 Å². The van der Waals surface area contributed by atoms with Crippen LogP contribution < -0.4 is 4.74 Å². The Morgan fingerprint density at radius 2 is 2.00 bits per heavy atom. The fraction of sp³-hybridized carbons (Fsp3) is 0.333. The van der Waals surface area contributed by atoms with Crippen LogP contribution in [-0.2, 0) is 17.0 Å². The fourth-order valence-corrected chi connectivity index (χ4v) is 4.20. The number of benzene rings is 2. The lowest BCUT2D eigenvalue weighted by Crippen LogP contribution is -2.16. The van der Waals surface area contributed by atoms with Gasteiger partial charge in [0, 0.05) is 17.9 Å². The Morgan fingerprint density at radius 3 is 2.71 bits per heavy atom. The van der Waals surface area contributed by atoms with Gasteiger partial charge in [-0.3, -0.25) is 4.57 Å². The highest BCUT2D eigenvalue weighted by Crippen LogP contribution is 2.29. The van der Waals surface area contributed by atoms with Gasteiger partial charge in [-0.2, -0.15) is 0 Å². The van der Waals surface area contributed by atoms with E-state index in [0.29, 0.717) is 17.9 Å². The van der Waals surface area contributed by atoms with Crippen molar-refractivity contribution in [2.75, 3.05) is 13.7 Å². The molecule has 5 nitrogen and oxygen atoms in total. The van der Waals surface area contributed by atoms with Gasteiger partial charge >= 0.3 is 0 Å². The van der Waals surface area contributed by atoms with Crippen molar-refractivity contribution in [3.8, 4) is 17.1 Å². The summed E-state index contributed by atoms with van der Waals surface area (Å²) in [6.45, 7) is 1.48. The van der Waals surface area contributed by atoms with E-state index in [-0.39, 0.29) is 11.9 Å². The summed E-state index contributed by atoms with van der Waals surface area (Å²) < 4.78 is 27.1. The first-order valence-electron chi connectivity index (χ1n) is 9.30. The van der Waals surface area contributed by atoms with Gasteiger partial charge in [0.1, 0.15) is 11.6 Å². The summed E-state index contributed by atoms with van der Waals surface area (Å²) in [4.78, 5) is 0. The number of thioether (sulfide) groups is 1. The van der Waals surface area contributed by atoms with E-state index >= 15 is 0 Å². The minimum Gasteiger partial charge on any atom is -0.497 e. The number of hydrogen-bond donors (Lipinski definition) is 0. The van der Waals surface area contributed by atoms with Gasteiger partial charge in [0.05, 0.1) is 19.8 Å². The van der Waals surface area contributed by atoms with E-state index in [1.54, 1.807) is 19.2 Å². The quantitative estimate of drug-likeness (QED) is 0.545. The standard InChI is InChI=1S/C21H22FN3O2S/c1-26-17-10-8-15(9-11-17)20-23-24-21(25(20)13-18-6-4-12-27-18)28-14-16-5-2-3-7-19(16)22/h2-3,5,7-11,18H,4,6,12-14H2,1H3. The Bertz CT molecular complexity index is 924. The minimum absolute atomic E-state index is 0.154. The van der Waals surface area contributed by atoms with Crippen molar-refractivity contribution in [1.82, 2.24) is 14.8 Å². The molecule has 4 rings (SSSR count). The molecule has 0 spiro atoms. The van der Waals surface area contributed by atoms with Crippen LogP contribution in [0.2, 0.25) is 0 Å². The van der Waals surface area contributed by atoms with Gasteiger partial charge in [0.2, 0.25) is 0 Å². The van der Waals surface area contributed by atoms with Crippen LogP contribution in [0.1, 0.15) is 18.4 Å². The van der Waals surface area contributed by atoms with E-state index in [0.717, 1.165) is 41.7 Å². The topological polar surface area (TPSA) is 49.2 Å². The highest BCUT2D eigenvalue weighted by atomic mass is 32.2. The Morgan fingerprint density at radius 1 is 1.18 bits per heavy atom. The van der Waals surface area contributed by atoms with Crippen LogP contribution in [0.5, 0.6) is 5.75 Å². The van der Waals surface area contributed by atoms with Crippen LogP contribution in [0.3, 0.4) is 0 Å². The molecule has 1 unspecified atom stereocenters. The maximum absolute atomic E-state index is 14.0. The third-order valence-corrected chi connectivity index (χ3v) is 5.81. The summed E-state index contributed by atoms with van der Waals surface area (Å²) >= 11 is 1.49. The van der Waals surface area contributed by atoms with Gasteiger partial charge in [0.15, 0.2) is 11.0 Å². The Hall–Kier alpha value is -2.38. The van der Waals surface area contributed by atoms with Crippen LogP contribution in [0.4, 0.5) is 4.39 Å². The van der Waals surface area contributed by atoms with Gasteiger partial charge < -0.3 is 9.47 Å². The Balaban J connectivity index is 1.61. The molecule has 0 aliphatic carbocycles. The average molecular weight is 399 g/mol. The predicted molar refractivity (Wildman–Crippen MR) is 107 cm³/mol. The van der Waals surface area contributed by atoms with Gasteiger partial charge in [-0.25, -0.2) is 4.39 Å². The van der Waals surface area contributed by atoms with Crippen LogP contribution in [0.15, 0.2) is 53.7 Å². The van der Waals surface area contributed by atoms with Gasteiger partial charge in [-0.1, -0.05) is 30.0 Å². The molecule has 7 heteroatoms. The molecule has 28 heavy (non-hydrogen) atoms. The second-order valence-electron chi connectivity index (χ2n) is 6.66. The molecule has 2 heterocycles. The van der Waals surface area contributed by atoms with E-state index in [1.807, 2.05) is 30.3 Å². The summed E-state index contributed by atoms with van der Waals surface area (Å²) in [7, 11) is 1.65. The van der Waals surface area contributed by atoms with Crippen molar-refractivity contribution in [1.29, 1.82) is 0 Å². The SMILES string of the molecule is COc1ccc(-c2nnc(SCc3ccccc3F)n2CC2CCCO2)cc1. The lowest BCUT2D eigenvalue weighted by molar-refractivity contribution is 0.0953. The zero-order valence-electron chi connectivity index (χ0n) is 15.7. The van der Waals surface area contributed by atoms with Crippen molar-refractivity contribution in [3.05, 3.63) is 59.9 Å². The second kappa shape index (κ2) is 8.75. The number of hydrogen-bond acceptors (Lipinski definition) is 5. The largest absolute Gasteiger partial charge is 0.497 e. The zero-order valence-corrected chi connectivity index (χ0v) is 16.5. The van der Waals surface area contributed by atoms with Crippen LogP contribution >= 0.6 is 11.8 Å². The molecule has 0 bridgehead atoms. The highest BCUT2D eigenvalue weighted by molar-refractivity contribution is 7.98. The molecular weight excluding hydrogens is 377 g/mol. The van der Waals surface area contributed by atoms with Gasteiger partial charge in [-0.15, -0.1) is 10.2 Å². The molecular formula is C21H22FN3O2S. The fourth-order valence-electron chi connectivity index (χ4n) is 3.26. The number of ether oxygens (including phenoxy) is 2. The Kier molecular flexibility index (Phi) is 5.92. The van der Waals surface area contributed by atoms with Gasteiger partial charge in [0.25, 0.3) is 0 Å². The molecule has 0 radical (unpaired) electrons. The summed E-state index contributed by atoms with van der Waals surface area (Å²) in [6, 6.07) is 14.6. The summed E-state index contributed by atoms with van der Waals surface area (Å²) in [6.07, 6.45) is 2.25. The normalized spacial score (nSPS) is 16.4. The smallest absolute Gasteiger partial charge is 0.191 e. The van der Waals surface area contributed by atoms with Gasteiger partial charge in [-0.05, 0) is 48.7 Å². The van der Waals surface area contributed by atoms with Crippen molar-refractivity contribution in [2.45, 2.75) is 36.4 Å². The number of methoxy groups -OCH3 is 1. The lowest BCUT2D eigenvalue weighted by atomic mass is 10.2. The molecule has 1 fully saturated rings. The van der Waals surface area contributed by atoms with E-state index < -0.39 is 0 Å². The van der Waals surface area contributed by atoms with E-state index in [2.05, 4.69) is 14.8 Å². The molecule has 1 atom stereocenters. The molecule has 146 valence electrons. The molecule has 1 aromatic heterocycles. The molecule has 0 amide bonds. The summed E-state index contributed by atoms with van der Waals surface area (Å²) in [5.74, 6) is 1.88. The first-order chi connectivity index (χ1) is 13.7. The number of nitrogens with zero attached hydrogens (tertiary/aromatic N) is 3. The molecule has 1 aliphatic rings. The van der Waals surface area contributed by atoms with Crippen LogP contribution in [-0.4, -0.2) is 34.6 Å². The third kappa shape index (κ3) is 4.20. The number of halogens is 1. The van der Waals surface area contributed by atoms with Crippen LogP contribution in [0, 0.1) is 5.82 Å². The zero-order chi connectivity index (χ0) is 19.3. The van der Waals surface area contributed by atoms with Crippen LogP contribution in [0.25, 0.3) is 11.4 Å². The molecule has 0 saturated carbocycles. The monoisotopic (exact) mass is 399 g/mol. The maximum atomic E-state index is 14.0. The predicted octanol–water partition coefficient (Wildman–Crippen LogP) is 4.56. The molecule has 1 saturated heterocycles. The second-order valence-corrected chi connectivity index (χ2v) is 7.60. The first kappa shape index (κ1) is 19.0. The van der Waals surface area contributed by atoms with Crippen molar-refractivity contribution >= 4 is 11.8 Å². The third-order valence-electron chi connectivity index (χ3n) is 4.79. The van der Waals surface area contributed by atoms with E-state index in [4.69, 9.17) is 9.47 Å². The number of aromatic nitrogens is 3. The van der Waals surface area contributed by atoms with Crippen molar-refractivity contribution < 1.29 is 13.9 Å². The molecule has 1 aliphatic heterocycles. The van der Waals surface area contributed by atoms with Crippen molar-refractivity contribution in [2.24, 2.45) is 0 Å². The van der Waals surface area contributed by atoms with Crippen molar-refractivity contribution in [3.63, 3.8) is 0 Å².